The lowest BCUT2D eigenvalue weighted by Crippen LogP contribution is -2.33. The van der Waals surface area contributed by atoms with Gasteiger partial charge in [-0.2, -0.15) is 0 Å². The van der Waals surface area contributed by atoms with Gasteiger partial charge in [-0.1, -0.05) is 6.92 Å². The Morgan fingerprint density at radius 1 is 1.46 bits per heavy atom. The van der Waals surface area contributed by atoms with Gasteiger partial charge in [0.2, 0.25) is 0 Å². The summed E-state index contributed by atoms with van der Waals surface area (Å²) in [5, 5.41) is 3.56. The highest BCUT2D eigenvalue weighted by atomic mass is 15.1. The first-order chi connectivity index (χ1) is 6.24. The molecule has 0 amide bonds. The topological polar surface area (TPSA) is 15.3 Å². The van der Waals surface area contributed by atoms with Crippen LogP contribution in [-0.2, 0) is 0 Å². The van der Waals surface area contributed by atoms with E-state index in [1.54, 1.807) is 0 Å². The molecule has 0 aromatic heterocycles. The molecule has 0 heterocycles. The van der Waals surface area contributed by atoms with Crippen molar-refractivity contribution in [2.45, 2.75) is 51.6 Å². The lowest BCUT2D eigenvalue weighted by atomic mass is 10.2. The van der Waals surface area contributed by atoms with E-state index in [9.17, 15) is 0 Å². The molecule has 1 aliphatic rings. The van der Waals surface area contributed by atoms with Gasteiger partial charge in [0.25, 0.3) is 0 Å². The molecular formula is C11H24N2. The van der Waals surface area contributed by atoms with E-state index in [0.29, 0.717) is 0 Å². The van der Waals surface area contributed by atoms with Crippen molar-refractivity contribution in [1.29, 1.82) is 0 Å². The minimum atomic E-state index is 0.728. The van der Waals surface area contributed by atoms with Crippen LogP contribution in [0.4, 0.5) is 0 Å². The van der Waals surface area contributed by atoms with Crippen LogP contribution in [0.15, 0.2) is 0 Å². The Balaban J connectivity index is 1.97. The number of rotatable bonds is 7. The first kappa shape index (κ1) is 11.0. The second kappa shape index (κ2) is 5.61. The van der Waals surface area contributed by atoms with Gasteiger partial charge in [-0.15, -0.1) is 0 Å². The molecule has 1 atom stereocenters. The highest BCUT2D eigenvalue weighted by Crippen LogP contribution is 2.18. The molecular weight excluding hydrogens is 160 g/mol. The van der Waals surface area contributed by atoms with Crippen molar-refractivity contribution in [2.75, 3.05) is 20.1 Å². The monoisotopic (exact) mass is 184 g/mol. The molecule has 1 rings (SSSR count). The zero-order chi connectivity index (χ0) is 9.68. The molecule has 13 heavy (non-hydrogen) atoms. The van der Waals surface area contributed by atoms with Crippen molar-refractivity contribution in [2.24, 2.45) is 0 Å². The maximum absolute atomic E-state index is 3.56. The summed E-state index contributed by atoms with van der Waals surface area (Å²) in [4.78, 5) is 2.45. The Hall–Kier alpha value is -0.0800. The van der Waals surface area contributed by atoms with E-state index in [1.807, 2.05) is 0 Å². The minimum Gasteiger partial charge on any atom is -0.314 e. The molecule has 2 nitrogen and oxygen atoms in total. The fourth-order valence-corrected chi connectivity index (χ4v) is 1.58. The molecule has 0 aliphatic heterocycles. The molecule has 1 N–H and O–H groups in total. The van der Waals surface area contributed by atoms with Crippen molar-refractivity contribution in [3.05, 3.63) is 0 Å². The lowest BCUT2D eigenvalue weighted by Gasteiger charge is -2.24. The third kappa shape index (κ3) is 4.63. The van der Waals surface area contributed by atoms with Crippen molar-refractivity contribution in [3.63, 3.8) is 0 Å². The molecule has 1 aliphatic carbocycles. The van der Waals surface area contributed by atoms with Gasteiger partial charge in [-0.3, -0.25) is 0 Å². The molecule has 0 spiro atoms. The second-order valence-electron chi connectivity index (χ2n) is 4.35. The van der Waals surface area contributed by atoms with E-state index in [2.05, 4.69) is 31.1 Å². The molecule has 1 saturated carbocycles. The SMILES string of the molecule is CCCN(C)C(C)CCNC1CC1. The third-order valence-corrected chi connectivity index (χ3v) is 2.90. The summed E-state index contributed by atoms with van der Waals surface area (Å²) >= 11 is 0. The van der Waals surface area contributed by atoms with Crippen LogP contribution < -0.4 is 5.32 Å². The second-order valence-corrected chi connectivity index (χ2v) is 4.35. The lowest BCUT2D eigenvalue weighted by molar-refractivity contribution is 0.245. The third-order valence-electron chi connectivity index (χ3n) is 2.90. The Morgan fingerprint density at radius 3 is 2.69 bits per heavy atom. The van der Waals surface area contributed by atoms with E-state index < -0.39 is 0 Å². The van der Waals surface area contributed by atoms with Gasteiger partial charge in [-0.25, -0.2) is 0 Å². The summed E-state index contributed by atoms with van der Waals surface area (Å²) in [5.41, 5.74) is 0. The van der Waals surface area contributed by atoms with Crippen molar-refractivity contribution < 1.29 is 0 Å². The van der Waals surface area contributed by atoms with E-state index in [4.69, 9.17) is 0 Å². The van der Waals surface area contributed by atoms with Gasteiger partial charge in [0, 0.05) is 12.1 Å². The van der Waals surface area contributed by atoms with Crippen LogP contribution in [0.3, 0.4) is 0 Å². The van der Waals surface area contributed by atoms with Crippen LogP contribution in [0.2, 0.25) is 0 Å². The number of nitrogens with one attached hydrogen (secondary N) is 1. The van der Waals surface area contributed by atoms with E-state index in [1.165, 1.54) is 38.8 Å². The van der Waals surface area contributed by atoms with Gasteiger partial charge in [-0.05, 0) is 52.7 Å². The van der Waals surface area contributed by atoms with E-state index in [-0.39, 0.29) is 0 Å². The standard InChI is InChI=1S/C11H24N2/c1-4-9-13(3)10(2)7-8-12-11-5-6-11/h10-12H,4-9H2,1-3H3. The Morgan fingerprint density at radius 2 is 2.15 bits per heavy atom. The average Bonchev–Trinajstić information content (AvgIpc) is 2.88. The Bertz CT molecular complexity index is 132. The molecule has 1 fully saturated rings. The first-order valence-corrected chi connectivity index (χ1v) is 5.67. The Labute approximate surface area is 82.7 Å². The van der Waals surface area contributed by atoms with Gasteiger partial charge >= 0.3 is 0 Å². The summed E-state index contributed by atoms with van der Waals surface area (Å²) in [7, 11) is 2.23. The average molecular weight is 184 g/mol. The predicted molar refractivity (Wildman–Crippen MR) is 58.0 cm³/mol. The molecule has 0 radical (unpaired) electrons. The summed E-state index contributed by atoms with van der Waals surface area (Å²) in [6.07, 6.45) is 5.35. The van der Waals surface area contributed by atoms with Crippen LogP contribution in [0.1, 0.15) is 39.5 Å². The van der Waals surface area contributed by atoms with Crippen LogP contribution >= 0.6 is 0 Å². The van der Waals surface area contributed by atoms with Crippen LogP contribution in [0.5, 0.6) is 0 Å². The summed E-state index contributed by atoms with van der Waals surface area (Å²) in [6, 6.07) is 1.59. The van der Waals surface area contributed by atoms with Crippen molar-refractivity contribution in [3.8, 4) is 0 Å². The normalized spacial score (nSPS) is 19.4. The van der Waals surface area contributed by atoms with Crippen LogP contribution in [0.25, 0.3) is 0 Å². The van der Waals surface area contributed by atoms with Gasteiger partial charge < -0.3 is 10.2 Å². The molecule has 0 aromatic carbocycles. The van der Waals surface area contributed by atoms with Crippen LogP contribution in [-0.4, -0.2) is 37.1 Å². The molecule has 0 bridgehead atoms. The summed E-state index contributed by atoms with van der Waals surface area (Å²) in [5.74, 6) is 0. The van der Waals surface area contributed by atoms with Gasteiger partial charge in [0.1, 0.15) is 0 Å². The van der Waals surface area contributed by atoms with E-state index in [0.717, 1.165) is 12.1 Å². The number of nitrogens with zero attached hydrogens (tertiary/aromatic N) is 1. The van der Waals surface area contributed by atoms with Gasteiger partial charge in [0.15, 0.2) is 0 Å². The highest BCUT2D eigenvalue weighted by molar-refractivity contribution is 4.81. The van der Waals surface area contributed by atoms with Crippen molar-refractivity contribution in [1.82, 2.24) is 10.2 Å². The summed E-state index contributed by atoms with van der Waals surface area (Å²) < 4.78 is 0. The number of hydrogen-bond acceptors (Lipinski definition) is 2. The molecule has 78 valence electrons. The van der Waals surface area contributed by atoms with Crippen molar-refractivity contribution >= 4 is 0 Å². The molecule has 1 unspecified atom stereocenters. The Kier molecular flexibility index (Phi) is 4.74. The molecule has 0 saturated heterocycles. The fourth-order valence-electron chi connectivity index (χ4n) is 1.58. The highest BCUT2D eigenvalue weighted by Gasteiger charge is 2.20. The zero-order valence-corrected chi connectivity index (χ0v) is 9.34. The quantitative estimate of drug-likeness (QED) is 0.649. The smallest absolute Gasteiger partial charge is 0.00759 e. The molecule has 2 heteroatoms. The predicted octanol–water partition coefficient (Wildman–Crippen LogP) is 1.86. The maximum atomic E-state index is 3.56. The fraction of sp³-hybridized carbons (Fsp3) is 1.00. The van der Waals surface area contributed by atoms with Gasteiger partial charge in [0.05, 0.1) is 0 Å². The number of hydrogen-bond donors (Lipinski definition) is 1. The largest absolute Gasteiger partial charge is 0.314 e. The first-order valence-electron chi connectivity index (χ1n) is 5.67. The minimum absolute atomic E-state index is 0.728. The van der Waals surface area contributed by atoms with E-state index >= 15 is 0 Å². The maximum Gasteiger partial charge on any atom is 0.00759 e. The summed E-state index contributed by atoms with van der Waals surface area (Å²) in [6.45, 7) is 6.99. The zero-order valence-electron chi connectivity index (χ0n) is 9.34. The molecule has 0 aromatic rings. The van der Waals surface area contributed by atoms with Crippen LogP contribution in [0, 0.1) is 0 Å².